The summed E-state index contributed by atoms with van der Waals surface area (Å²) in [6.45, 7) is 2.40. The van der Waals surface area contributed by atoms with E-state index in [1.165, 1.54) is 0 Å². The minimum Gasteiger partial charge on any atom is -0.507 e. The highest BCUT2D eigenvalue weighted by atomic mass is 16.5. The number of aryl methyl sites for hydroxylation is 1. The molecule has 4 heteroatoms. The molecule has 2 aromatic rings. The lowest BCUT2D eigenvalue weighted by molar-refractivity contribution is 0.421. The third kappa shape index (κ3) is 1.79. The van der Waals surface area contributed by atoms with Gasteiger partial charge >= 0.3 is 0 Å². The fraction of sp³-hybridized carbons (Fsp3) is 0.250. The normalized spacial score (nSPS) is 10.6. The van der Waals surface area contributed by atoms with Crippen LogP contribution in [0.15, 0.2) is 28.8 Å². The molecular weight excluding hydrogens is 204 g/mol. The van der Waals surface area contributed by atoms with Gasteiger partial charge in [0.2, 0.25) is 0 Å². The van der Waals surface area contributed by atoms with Gasteiger partial charge in [0.05, 0.1) is 11.3 Å². The fourth-order valence-corrected chi connectivity index (χ4v) is 1.70. The van der Waals surface area contributed by atoms with Crippen molar-refractivity contribution in [3.63, 3.8) is 0 Å². The highest BCUT2D eigenvalue weighted by molar-refractivity contribution is 5.68. The second-order valence-corrected chi connectivity index (χ2v) is 3.63. The molecule has 3 N–H and O–H groups in total. The summed E-state index contributed by atoms with van der Waals surface area (Å²) in [6.07, 6.45) is 0.693. The van der Waals surface area contributed by atoms with E-state index in [0.717, 1.165) is 11.3 Å². The summed E-state index contributed by atoms with van der Waals surface area (Å²) in [5.41, 5.74) is 7.99. The molecular formula is C12H14N2O2. The largest absolute Gasteiger partial charge is 0.507 e. The van der Waals surface area contributed by atoms with Crippen LogP contribution in [0.5, 0.6) is 5.75 Å². The number of rotatable bonds is 3. The number of hydrogen-bond donors (Lipinski definition) is 2. The molecule has 0 fully saturated rings. The second-order valence-electron chi connectivity index (χ2n) is 3.63. The monoisotopic (exact) mass is 218 g/mol. The Morgan fingerprint density at radius 3 is 2.81 bits per heavy atom. The maximum Gasteiger partial charge on any atom is 0.174 e. The van der Waals surface area contributed by atoms with Gasteiger partial charge in [-0.15, -0.1) is 0 Å². The summed E-state index contributed by atoms with van der Waals surface area (Å²) in [6, 6.07) is 7.04. The molecule has 0 spiro atoms. The van der Waals surface area contributed by atoms with Gasteiger partial charge in [-0.25, -0.2) is 0 Å². The molecule has 0 aliphatic heterocycles. The Balaban J connectivity index is 2.52. The molecule has 84 valence electrons. The Labute approximate surface area is 93.7 Å². The summed E-state index contributed by atoms with van der Waals surface area (Å²) >= 11 is 0. The van der Waals surface area contributed by atoms with Gasteiger partial charge in [0.1, 0.15) is 5.75 Å². The fourth-order valence-electron chi connectivity index (χ4n) is 1.70. The number of para-hydroxylation sites is 1. The van der Waals surface area contributed by atoms with Crippen LogP contribution in [0.2, 0.25) is 0 Å². The van der Waals surface area contributed by atoms with Crippen LogP contribution in [0.1, 0.15) is 11.3 Å². The third-order valence-electron chi connectivity index (χ3n) is 2.53. The van der Waals surface area contributed by atoms with E-state index in [1.54, 1.807) is 18.2 Å². The van der Waals surface area contributed by atoms with Crippen LogP contribution in [-0.2, 0) is 6.42 Å². The highest BCUT2D eigenvalue weighted by Gasteiger charge is 2.16. The van der Waals surface area contributed by atoms with Gasteiger partial charge in [-0.05, 0) is 32.0 Å². The van der Waals surface area contributed by atoms with E-state index < -0.39 is 0 Å². The van der Waals surface area contributed by atoms with Crippen molar-refractivity contribution in [1.82, 2.24) is 5.16 Å². The van der Waals surface area contributed by atoms with E-state index in [4.69, 9.17) is 10.3 Å². The lowest BCUT2D eigenvalue weighted by Crippen LogP contribution is -2.04. The minimum atomic E-state index is 0.192. The van der Waals surface area contributed by atoms with Gasteiger partial charge in [-0.3, -0.25) is 0 Å². The number of aromatic nitrogens is 1. The van der Waals surface area contributed by atoms with Crippen molar-refractivity contribution in [1.29, 1.82) is 0 Å². The molecule has 0 aliphatic carbocycles. The van der Waals surface area contributed by atoms with E-state index in [2.05, 4.69) is 5.16 Å². The summed E-state index contributed by atoms with van der Waals surface area (Å²) in [4.78, 5) is 0. The van der Waals surface area contributed by atoms with E-state index in [9.17, 15) is 5.11 Å². The Kier molecular flexibility index (Phi) is 2.92. The van der Waals surface area contributed by atoms with Crippen molar-refractivity contribution in [3.8, 4) is 17.1 Å². The Morgan fingerprint density at radius 1 is 1.38 bits per heavy atom. The van der Waals surface area contributed by atoms with Crippen LogP contribution < -0.4 is 5.73 Å². The van der Waals surface area contributed by atoms with Crippen molar-refractivity contribution in [2.45, 2.75) is 13.3 Å². The third-order valence-corrected chi connectivity index (χ3v) is 2.53. The number of aromatic hydroxyl groups is 1. The molecule has 0 radical (unpaired) electrons. The number of nitrogens with zero attached hydrogens (tertiary/aromatic N) is 1. The molecule has 0 unspecified atom stereocenters. The summed E-state index contributed by atoms with van der Waals surface area (Å²) < 4.78 is 5.25. The van der Waals surface area contributed by atoms with Crippen LogP contribution in [0, 0.1) is 6.92 Å². The highest BCUT2D eigenvalue weighted by Crippen LogP contribution is 2.32. The predicted molar refractivity (Wildman–Crippen MR) is 61.1 cm³/mol. The number of nitrogens with two attached hydrogens (primary N) is 1. The van der Waals surface area contributed by atoms with Gasteiger partial charge in [0.25, 0.3) is 0 Å². The van der Waals surface area contributed by atoms with E-state index in [0.29, 0.717) is 24.3 Å². The van der Waals surface area contributed by atoms with E-state index >= 15 is 0 Å². The average Bonchev–Trinajstić information content (AvgIpc) is 2.62. The molecule has 1 aromatic heterocycles. The van der Waals surface area contributed by atoms with Gasteiger partial charge in [-0.1, -0.05) is 17.3 Å². The van der Waals surface area contributed by atoms with E-state index in [1.807, 2.05) is 13.0 Å². The molecule has 2 rings (SSSR count). The summed E-state index contributed by atoms with van der Waals surface area (Å²) in [5.74, 6) is 0.804. The Hall–Kier alpha value is -1.81. The molecule has 0 amide bonds. The van der Waals surface area contributed by atoms with Crippen LogP contribution in [0.25, 0.3) is 11.3 Å². The van der Waals surface area contributed by atoms with Crippen molar-refractivity contribution in [2.75, 3.05) is 6.54 Å². The van der Waals surface area contributed by atoms with Crippen molar-refractivity contribution in [2.24, 2.45) is 5.73 Å². The maximum atomic E-state index is 9.75. The van der Waals surface area contributed by atoms with Gasteiger partial charge < -0.3 is 15.4 Å². The minimum absolute atomic E-state index is 0.192. The van der Waals surface area contributed by atoms with Crippen LogP contribution in [0.3, 0.4) is 0 Å². The predicted octanol–water partition coefficient (Wildman–Crippen LogP) is 1.86. The van der Waals surface area contributed by atoms with E-state index in [-0.39, 0.29) is 5.75 Å². The molecule has 0 saturated carbocycles. The molecule has 4 nitrogen and oxygen atoms in total. The SMILES string of the molecule is Cc1noc(-c2ccccc2O)c1CCN. The first-order valence-electron chi connectivity index (χ1n) is 5.17. The first-order valence-corrected chi connectivity index (χ1v) is 5.17. The topological polar surface area (TPSA) is 72.3 Å². The first-order chi connectivity index (χ1) is 7.74. The molecule has 1 aromatic carbocycles. The van der Waals surface area contributed by atoms with Crippen LogP contribution in [-0.4, -0.2) is 16.8 Å². The van der Waals surface area contributed by atoms with Gasteiger partial charge in [0, 0.05) is 5.56 Å². The zero-order valence-electron chi connectivity index (χ0n) is 9.10. The number of phenols is 1. The standard InChI is InChI=1S/C12H14N2O2/c1-8-9(6-7-13)12(16-14-8)10-4-2-3-5-11(10)15/h2-5,15H,6-7,13H2,1H3. The van der Waals surface area contributed by atoms with Crippen LogP contribution >= 0.6 is 0 Å². The number of phenolic OH excluding ortho intramolecular Hbond substituents is 1. The molecule has 0 atom stereocenters. The maximum absolute atomic E-state index is 9.75. The Bertz CT molecular complexity index is 492. The second kappa shape index (κ2) is 4.37. The molecule has 0 bridgehead atoms. The van der Waals surface area contributed by atoms with Crippen molar-refractivity contribution in [3.05, 3.63) is 35.5 Å². The Morgan fingerprint density at radius 2 is 2.12 bits per heavy atom. The van der Waals surface area contributed by atoms with Crippen LogP contribution in [0.4, 0.5) is 0 Å². The molecule has 16 heavy (non-hydrogen) atoms. The average molecular weight is 218 g/mol. The summed E-state index contributed by atoms with van der Waals surface area (Å²) in [7, 11) is 0. The zero-order chi connectivity index (χ0) is 11.5. The zero-order valence-corrected chi connectivity index (χ0v) is 9.10. The number of hydrogen-bond acceptors (Lipinski definition) is 4. The number of benzene rings is 1. The van der Waals surface area contributed by atoms with Crippen molar-refractivity contribution < 1.29 is 9.63 Å². The van der Waals surface area contributed by atoms with Crippen molar-refractivity contribution >= 4 is 0 Å². The first kappa shape index (κ1) is 10.7. The van der Waals surface area contributed by atoms with Gasteiger partial charge in [-0.2, -0.15) is 0 Å². The molecule has 0 aliphatic rings. The quantitative estimate of drug-likeness (QED) is 0.824. The van der Waals surface area contributed by atoms with Gasteiger partial charge in [0.15, 0.2) is 5.76 Å². The lowest BCUT2D eigenvalue weighted by atomic mass is 10.0. The summed E-state index contributed by atoms with van der Waals surface area (Å²) in [5, 5.41) is 13.7. The lowest BCUT2D eigenvalue weighted by Gasteiger charge is -2.02. The smallest absolute Gasteiger partial charge is 0.174 e. The molecule has 0 saturated heterocycles. The molecule has 1 heterocycles.